The Morgan fingerprint density at radius 3 is 2.69 bits per heavy atom. The van der Waals surface area contributed by atoms with Crippen molar-refractivity contribution in [1.82, 2.24) is 19.7 Å². The van der Waals surface area contributed by atoms with E-state index in [0.29, 0.717) is 24.5 Å². The van der Waals surface area contributed by atoms with Gasteiger partial charge < -0.3 is 0 Å². The molecule has 5 rings (SSSR count). The number of aromatic nitrogens is 3. The Hall–Kier alpha value is -2.58. The molecular formula is C21H21FN4O2S. The van der Waals surface area contributed by atoms with E-state index in [1.54, 1.807) is 18.2 Å². The van der Waals surface area contributed by atoms with Crippen LogP contribution in [-0.2, 0) is 22.9 Å². The maximum atomic E-state index is 13.1. The number of rotatable bonds is 4. The van der Waals surface area contributed by atoms with E-state index in [9.17, 15) is 12.8 Å². The van der Waals surface area contributed by atoms with Crippen LogP contribution in [-0.4, -0.2) is 46.4 Å². The summed E-state index contributed by atoms with van der Waals surface area (Å²) < 4.78 is 41.2. The van der Waals surface area contributed by atoms with Gasteiger partial charge in [-0.2, -0.15) is 9.49 Å². The van der Waals surface area contributed by atoms with Gasteiger partial charge in [0.05, 0.1) is 16.3 Å². The maximum Gasteiger partial charge on any atom is 0.212 e. The Morgan fingerprint density at radius 1 is 1.14 bits per heavy atom. The van der Waals surface area contributed by atoms with Crippen molar-refractivity contribution < 1.29 is 12.8 Å². The normalized spacial score (nSPS) is 22.6. The maximum absolute atomic E-state index is 13.1. The molecule has 2 aliphatic heterocycles. The van der Waals surface area contributed by atoms with E-state index >= 15 is 0 Å². The Labute approximate surface area is 168 Å². The molecule has 1 fully saturated rings. The summed E-state index contributed by atoms with van der Waals surface area (Å²) in [5, 5.41) is 3.89. The molecule has 0 radical (unpaired) electrons. The van der Waals surface area contributed by atoms with Crippen LogP contribution in [0.15, 0.2) is 53.8 Å². The van der Waals surface area contributed by atoms with Crippen LogP contribution >= 0.6 is 0 Å². The zero-order valence-electron chi connectivity index (χ0n) is 16.0. The van der Waals surface area contributed by atoms with Gasteiger partial charge in [0.25, 0.3) is 0 Å². The predicted molar refractivity (Wildman–Crippen MR) is 107 cm³/mol. The molecular weight excluding hydrogens is 391 g/mol. The minimum absolute atomic E-state index is 0.0513. The van der Waals surface area contributed by atoms with Crippen LogP contribution in [0.5, 0.6) is 0 Å². The van der Waals surface area contributed by atoms with Gasteiger partial charge in [-0.15, -0.1) is 0 Å². The second kappa shape index (κ2) is 6.74. The van der Waals surface area contributed by atoms with Crippen LogP contribution in [0.2, 0.25) is 0 Å². The monoisotopic (exact) mass is 412 g/mol. The minimum atomic E-state index is -3.35. The summed E-state index contributed by atoms with van der Waals surface area (Å²) in [6, 6.07) is 8.39. The SMILES string of the molecule is CCn1cc(CN2C[C@@H]3c4cc(-c5ccc(F)nc5)ccc4S(=O)(=O)[C@H]3C2)cn1. The number of hydrogen-bond donors (Lipinski definition) is 0. The first kappa shape index (κ1) is 18.4. The highest BCUT2D eigenvalue weighted by molar-refractivity contribution is 7.92. The molecule has 150 valence electrons. The molecule has 8 heteroatoms. The van der Waals surface area contributed by atoms with Crippen LogP contribution in [0.25, 0.3) is 11.1 Å². The first-order valence-corrected chi connectivity index (χ1v) is 11.2. The molecule has 0 saturated carbocycles. The molecule has 0 unspecified atom stereocenters. The summed E-state index contributed by atoms with van der Waals surface area (Å²) >= 11 is 0. The average molecular weight is 412 g/mol. The van der Waals surface area contributed by atoms with Crippen molar-refractivity contribution in [1.29, 1.82) is 0 Å². The predicted octanol–water partition coefficient (Wildman–Crippen LogP) is 2.86. The van der Waals surface area contributed by atoms with E-state index in [2.05, 4.69) is 15.0 Å². The Bertz CT molecular complexity index is 1170. The van der Waals surface area contributed by atoms with Gasteiger partial charge >= 0.3 is 0 Å². The van der Waals surface area contributed by atoms with Gasteiger partial charge in [0, 0.05) is 55.6 Å². The molecule has 4 heterocycles. The molecule has 3 aromatic rings. The van der Waals surface area contributed by atoms with Gasteiger partial charge in [-0.25, -0.2) is 13.4 Å². The molecule has 6 nitrogen and oxygen atoms in total. The van der Waals surface area contributed by atoms with Gasteiger partial charge in [0.15, 0.2) is 9.84 Å². The summed E-state index contributed by atoms with van der Waals surface area (Å²) in [5.41, 5.74) is 3.59. The largest absolute Gasteiger partial charge is 0.297 e. The van der Waals surface area contributed by atoms with Gasteiger partial charge in [0.1, 0.15) is 0 Å². The third-order valence-corrected chi connectivity index (χ3v) is 8.19. The molecule has 0 N–H and O–H groups in total. The van der Waals surface area contributed by atoms with E-state index in [-0.39, 0.29) is 5.92 Å². The molecule has 0 spiro atoms. The number of pyridine rings is 1. The molecule has 0 bridgehead atoms. The van der Waals surface area contributed by atoms with Crippen molar-refractivity contribution >= 4 is 9.84 Å². The number of likely N-dealkylation sites (tertiary alicyclic amines) is 1. The highest BCUT2D eigenvalue weighted by atomic mass is 32.2. The molecule has 0 aliphatic carbocycles. The minimum Gasteiger partial charge on any atom is -0.297 e. The van der Waals surface area contributed by atoms with Crippen molar-refractivity contribution in [2.24, 2.45) is 0 Å². The average Bonchev–Trinajstić information content (AvgIpc) is 3.39. The second-order valence-corrected chi connectivity index (χ2v) is 9.85. The van der Waals surface area contributed by atoms with Crippen LogP contribution in [0.4, 0.5) is 4.39 Å². The second-order valence-electron chi connectivity index (χ2n) is 7.71. The standard InChI is InChI=1S/C21H21FN4O2S/c1-2-26-11-14(8-24-26)10-25-12-18-17-7-15(16-4-6-21(22)23-9-16)3-5-19(17)29(27,28)20(18)13-25/h3-9,11,18,20H,2,10,12-13H2,1H3/t18-,20+/m1/s1. The lowest BCUT2D eigenvalue weighted by atomic mass is 9.95. The first-order valence-electron chi connectivity index (χ1n) is 9.69. The first-order chi connectivity index (χ1) is 14.0. The quantitative estimate of drug-likeness (QED) is 0.617. The third kappa shape index (κ3) is 3.07. The number of sulfone groups is 1. The fourth-order valence-corrected chi connectivity index (χ4v) is 6.69. The Kier molecular flexibility index (Phi) is 4.29. The van der Waals surface area contributed by atoms with E-state index in [1.807, 2.05) is 30.1 Å². The molecule has 2 aliphatic rings. The number of halogens is 1. The van der Waals surface area contributed by atoms with E-state index in [1.165, 1.54) is 12.3 Å². The van der Waals surface area contributed by atoms with Gasteiger partial charge in [-0.05, 0) is 42.3 Å². The van der Waals surface area contributed by atoms with E-state index in [0.717, 1.165) is 28.8 Å². The molecule has 2 atom stereocenters. The fourth-order valence-electron chi connectivity index (χ4n) is 4.50. The van der Waals surface area contributed by atoms with Crippen molar-refractivity contribution in [3.63, 3.8) is 0 Å². The van der Waals surface area contributed by atoms with Crippen LogP contribution < -0.4 is 0 Å². The van der Waals surface area contributed by atoms with Crippen molar-refractivity contribution in [3.05, 3.63) is 66.0 Å². The third-order valence-electron chi connectivity index (χ3n) is 5.93. The number of benzene rings is 1. The summed E-state index contributed by atoms with van der Waals surface area (Å²) in [6.45, 7) is 4.76. The molecule has 29 heavy (non-hydrogen) atoms. The summed E-state index contributed by atoms with van der Waals surface area (Å²) in [6.07, 6.45) is 5.33. The van der Waals surface area contributed by atoms with Crippen LogP contribution in [0.3, 0.4) is 0 Å². The van der Waals surface area contributed by atoms with Crippen LogP contribution in [0.1, 0.15) is 24.0 Å². The van der Waals surface area contributed by atoms with Crippen molar-refractivity contribution in [2.75, 3.05) is 13.1 Å². The zero-order valence-corrected chi connectivity index (χ0v) is 16.8. The number of aryl methyl sites for hydroxylation is 1. The van der Waals surface area contributed by atoms with Crippen LogP contribution in [0, 0.1) is 5.95 Å². The molecule has 1 aromatic carbocycles. The summed E-state index contributed by atoms with van der Waals surface area (Å²) in [7, 11) is -3.35. The zero-order chi connectivity index (χ0) is 20.2. The lowest BCUT2D eigenvalue weighted by molar-refractivity contribution is 0.325. The van der Waals surface area contributed by atoms with E-state index in [4.69, 9.17) is 0 Å². The lowest BCUT2D eigenvalue weighted by Gasteiger charge is -2.16. The summed E-state index contributed by atoms with van der Waals surface area (Å²) in [4.78, 5) is 6.34. The molecule has 2 aromatic heterocycles. The molecule has 1 saturated heterocycles. The van der Waals surface area contributed by atoms with Crippen molar-refractivity contribution in [3.8, 4) is 11.1 Å². The van der Waals surface area contributed by atoms with Gasteiger partial charge in [-0.1, -0.05) is 6.07 Å². The van der Waals surface area contributed by atoms with Crippen molar-refractivity contribution in [2.45, 2.75) is 36.1 Å². The smallest absolute Gasteiger partial charge is 0.212 e. The highest BCUT2D eigenvalue weighted by Gasteiger charge is 2.50. The highest BCUT2D eigenvalue weighted by Crippen LogP contribution is 2.46. The fraction of sp³-hybridized carbons (Fsp3) is 0.333. The number of nitrogens with zero attached hydrogens (tertiary/aromatic N) is 4. The summed E-state index contributed by atoms with van der Waals surface area (Å²) in [5.74, 6) is -0.583. The van der Waals surface area contributed by atoms with Gasteiger partial charge in [-0.3, -0.25) is 9.58 Å². The topological polar surface area (TPSA) is 68.1 Å². The Morgan fingerprint density at radius 2 is 1.97 bits per heavy atom. The Balaban J connectivity index is 1.45. The number of hydrogen-bond acceptors (Lipinski definition) is 5. The number of fused-ring (bicyclic) bond motifs is 3. The lowest BCUT2D eigenvalue weighted by Crippen LogP contribution is -2.25. The van der Waals surface area contributed by atoms with Gasteiger partial charge in [0.2, 0.25) is 5.95 Å². The van der Waals surface area contributed by atoms with E-state index < -0.39 is 21.0 Å². The molecule has 0 amide bonds.